The lowest BCUT2D eigenvalue weighted by Gasteiger charge is -2.13. The Hall–Kier alpha value is -2.29. The van der Waals surface area contributed by atoms with Crippen LogP contribution < -0.4 is 4.74 Å². The van der Waals surface area contributed by atoms with Gasteiger partial charge in [-0.05, 0) is 43.2 Å². The minimum Gasteiger partial charge on any atom is -0.489 e. The molecule has 2 rings (SSSR count). The molecule has 0 saturated heterocycles. The van der Waals surface area contributed by atoms with Crippen LogP contribution in [-0.2, 0) is 6.61 Å². The van der Waals surface area contributed by atoms with E-state index in [1.807, 2.05) is 12.1 Å². The summed E-state index contributed by atoms with van der Waals surface area (Å²) in [4.78, 5) is 13.5. The third-order valence-electron chi connectivity index (χ3n) is 3.39. The quantitative estimate of drug-likeness (QED) is 0.858. The monoisotopic (exact) mass is 283 g/mol. The molecule has 0 bridgehead atoms. The Morgan fingerprint density at radius 2 is 1.86 bits per heavy atom. The second-order valence-electron chi connectivity index (χ2n) is 5.45. The molecule has 21 heavy (non-hydrogen) atoms. The molecule has 3 heteroatoms. The maximum absolute atomic E-state index is 11.9. The summed E-state index contributed by atoms with van der Waals surface area (Å²) in [7, 11) is 3.48. The molecule has 0 aromatic heterocycles. The highest BCUT2D eigenvalue weighted by Gasteiger charge is 2.09. The third-order valence-corrected chi connectivity index (χ3v) is 3.39. The first kappa shape index (κ1) is 15.1. The highest BCUT2D eigenvalue weighted by Crippen LogP contribution is 2.18. The Kier molecular flexibility index (Phi) is 4.63. The van der Waals surface area contributed by atoms with Crippen LogP contribution in [0.1, 0.15) is 27.0 Å². The zero-order chi connectivity index (χ0) is 15.4. The van der Waals surface area contributed by atoms with Gasteiger partial charge in [0.05, 0.1) is 0 Å². The number of carbonyl (C=O) groups excluding carboxylic acids is 1. The highest BCUT2D eigenvalue weighted by molar-refractivity contribution is 5.94. The van der Waals surface area contributed by atoms with Gasteiger partial charge >= 0.3 is 0 Å². The van der Waals surface area contributed by atoms with E-state index in [2.05, 4.69) is 32.0 Å². The predicted molar refractivity (Wildman–Crippen MR) is 84.7 cm³/mol. The second-order valence-corrected chi connectivity index (χ2v) is 5.45. The molecule has 0 atom stereocenters. The van der Waals surface area contributed by atoms with Crippen molar-refractivity contribution in [2.75, 3.05) is 14.1 Å². The van der Waals surface area contributed by atoms with Gasteiger partial charge in [0.1, 0.15) is 12.4 Å². The zero-order valence-electron chi connectivity index (χ0n) is 13.0. The van der Waals surface area contributed by atoms with Crippen molar-refractivity contribution in [1.29, 1.82) is 0 Å². The molecule has 0 radical (unpaired) electrons. The van der Waals surface area contributed by atoms with Crippen LogP contribution in [0.15, 0.2) is 42.5 Å². The van der Waals surface area contributed by atoms with Crippen molar-refractivity contribution in [3.63, 3.8) is 0 Å². The summed E-state index contributed by atoms with van der Waals surface area (Å²) < 4.78 is 5.83. The van der Waals surface area contributed by atoms with Gasteiger partial charge in [-0.25, -0.2) is 0 Å². The van der Waals surface area contributed by atoms with Crippen LogP contribution in [0.25, 0.3) is 0 Å². The van der Waals surface area contributed by atoms with Crippen molar-refractivity contribution in [2.45, 2.75) is 20.5 Å². The molecule has 2 aromatic rings. The minimum atomic E-state index is -0.0211. The van der Waals surface area contributed by atoms with E-state index in [-0.39, 0.29) is 5.91 Å². The number of rotatable bonds is 4. The van der Waals surface area contributed by atoms with Crippen molar-refractivity contribution in [2.24, 2.45) is 0 Å². The van der Waals surface area contributed by atoms with Gasteiger partial charge in [0.25, 0.3) is 5.91 Å². The number of carbonyl (C=O) groups is 1. The Bertz CT molecular complexity index is 647. The molecule has 1 amide bonds. The molecule has 0 N–H and O–H groups in total. The highest BCUT2D eigenvalue weighted by atomic mass is 16.5. The molecule has 2 aromatic carbocycles. The molecule has 0 aliphatic rings. The zero-order valence-corrected chi connectivity index (χ0v) is 13.0. The molecule has 110 valence electrons. The molecule has 0 aliphatic heterocycles. The average Bonchev–Trinajstić information content (AvgIpc) is 2.47. The van der Waals surface area contributed by atoms with Gasteiger partial charge in [-0.15, -0.1) is 0 Å². The summed E-state index contributed by atoms with van der Waals surface area (Å²) in [5, 5.41) is 0. The number of hydrogen-bond donors (Lipinski definition) is 0. The van der Waals surface area contributed by atoms with Crippen LogP contribution in [0.2, 0.25) is 0 Å². The van der Waals surface area contributed by atoms with Gasteiger partial charge < -0.3 is 9.64 Å². The second kappa shape index (κ2) is 6.44. The molecule has 0 heterocycles. The number of benzene rings is 2. The van der Waals surface area contributed by atoms with Crippen LogP contribution in [0.3, 0.4) is 0 Å². The normalized spacial score (nSPS) is 10.3. The van der Waals surface area contributed by atoms with Crippen LogP contribution in [0.4, 0.5) is 0 Å². The van der Waals surface area contributed by atoms with Gasteiger partial charge in [-0.3, -0.25) is 4.79 Å². The number of aryl methyl sites for hydroxylation is 2. The van der Waals surface area contributed by atoms with E-state index in [1.165, 1.54) is 16.7 Å². The lowest BCUT2D eigenvalue weighted by atomic mass is 10.1. The molecular formula is C18H21NO2. The molecule has 3 nitrogen and oxygen atoms in total. The number of ether oxygens (including phenoxy) is 1. The van der Waals surface area contributed by atoms with Gasteiger partial charge in [0.2, 0.25) is 0 Å². The van der Waals surface area contributed by atoms with E-state index < -0.39 is 0 Å². The van der Waals surface area contributed by atoms with Crippen molar-refractivity contribution in [3.8, 4) is 5.75 Å². The minimum absolute atomic E-state index is 0.0211. The summed E-state index contributed by atoms with van der Waals surface area (Å²) in [6.07, 6.45) is 0. The van der Waals surface area contributed by atoms with Crippen molar-refractivity contribution < 1.29 is 9.53 Å². The third kappa shape index (κ3) is 3.85. The molecule has 0 unspecified atom stereocenters. The van der Waals surface area contributed by atoms with E-state index in [4.69, 9.17) is 4.74 Å². The number of hydrogen-bond acceptors (Lipinski definition) is 2. The largest absolute Gasteiger partial charge is 0.489 e. The Morgan fingerprint density at radius 3 is 2.57 bits per heavy atom. The van der Waals surface area contributed by atoms with Crippen LogP contribution in [-0.4, -0.2) is 24.9 Å². The lowest BCUT2D eigenvalue weighted by Crippen LogP contribution is -2.21. The maximum atomic E-state index is 11.9. The smallest absolute Gasteiger partial charge is 0.253 e. The number of nitrogens with zero attached hydrogens (tertiary/aromatic N) is 1. The average molecular weight is 283 g/mol. The van der Waals surface area contributed by atoms with Crippen LogP contribution in [0, 0.1) is 13.8 Å². The van der Waals surface area contributed by atoms with E-state index in [1.54, 1.807) is 31.1 Å². The van der Waals surface area contributed by atoms with Crippen molar-refractivity contribution in [1.82, 2.24) is 4.90 Å². The van der Waals surface area contributed by atoms with Gasteiger partial charge in [0, 0.05) is 19.7 Å². The number of amides is 1. The predicted octanol–water partition coefficient (Wildman–Crippen LogP) is 3.58. The summed E-state index contributed by atoms with van der Waals surface area (Å²) in [5.41, 5.74) is 4.23. The summed E-state index contributed by atoms with van der Waals surface area (Å²) in [6, 6.07) is 13.6. The van der Waals surface area contributed by atoms with E-state index >= 15 is 0 Å². The fraction of sp³-hybridized carbons (Fsp3) is 0.278. The Labute approximate surface area is 126 Å². The van der Waals surface area contributed by atoms with Crippen LogP contribution >= 0.6 is 0 Å². The van der Waals surface area contributed by atoms with E-state index in [0.29, 0.717) is 17.9 Å². The fourth-order valence-electron chi connectivity index (χ4n) is 2.09. The molecular weight excluding hydrogens is 262 g/mol. The fourth-order valence-corrected chi connectivity index (χ4v) is 2.09. The molecule has 0 saturated carbocycles. The first-order valence-electron chi connectivity index (χ1n) is 6.98. The van der Waals surface area contributed by atoms with Gasteiger partial charge in [0.15, 0.2) is 0 Å². The molecule has 0 aliphatic carbocycles. The molecule has 0 fully saturated rings. The van der Waals surface area contributed by atoms with E-state index in [9.17, 15) is 4.79 Å². The van der Waals surface area contributed by atoms with Gasteiger partial charge in [-0.1, -0.05) is 29.8 Å². The van der Waals surface area contributed by atoms with Crippen molar-refractivity contribution >= 4 is 5.91 Å². The molecule has 0 spiro atoms. The Morgan fingerprint density at radius 1 is 1.10 bits per heavy atom. The van der Waals surface area contributed by atoms with Gasteiger partial charge in [-0.2, -0.15) is 0 Å². The SMILES string of the molecule is Cc1ccc(C)c(COc2cccc(C(=O)N(C)C)c2)c1. The topological polar surface area (TPSA) is 29.5 Å². The standard InChI is InChI=1S/C18H21NO2/c1-13-8-9-14(2)16(10-13)12-21-17-7-5-6-15(11-17)18(20)19(3)4/h5-11H,12H2,1-4H3. The van der Waals surface area contributed by atoms with E-state index in [0.717, 1.165) is 0 Å². The first-order valence-corrected chi connectivity index (χ1v) is 6.98. The Balaban J connectivity index is 2.12. The van der Waals surface area contributed by atoms with Crippen molar-refractivity contribution in [3.05, 3.63) is 64.7 Å². The maximum Gasteiger partial charge on any atom is 0.253 e. The summed E-state index contributed by atoms with van der Waals surface area (Å²) in [6.45, 7) is 4.65. The van der Waals surface area contributed by atoms with Crippen LogP contribution in [0.5, 0.6) is 5.75 Å². The first-order chi connectivity index (χ1) is 9.97. The summed E-state index contributed by atoms with van der Waals surface area (Å²) >= 11 is 0. The summed E-state index contributed by atoms with van der Waals surface area (Å²) in [5.74, 6) is 0.691. The lowest BCUT2D eigenvalue weighted by molar-refractivity contribution is 0.0827.